The van der Waals surface area contributed by atoms with Crippen LogP contribution in [0.25, 0.3) is 5.52 Å². The molecule has 0 aliphatic rings. The first-order chi connectivity index (χ1) is 10.6. The molecular formula is C16H18N4OS. The number of hydrogen-bond acceptors (Lipinski definition) is 4. The van der Waals surface area contributed by atoms with Crippen LogP contribution in [0.3, 0.4) is 0 Å². The van der Waals surface area contributed by atoms with Gasteiger partial charge in [-0.05, 0) is 32.0 Å². The summed E-state index contributed by atoms with van der Waals surface area (Å²) < 4.78 is 1.89. The lowest BCUT2D eigenvalue weighted by molar-refractivity contribution is 0.0702. The highest BCUT2D eigenvalue weighted by Crippen LogP contribution is 2.12. The number of hydrogen-bond donors (Lipinski definition) is 0. The Bertz CT molecular complexity index is 763. The summed E-state index contributed by atoms with van der Waals surface area (Å²) in [6.45, 7) is 4.70. The van der Waals surface area contributed by atoms with Gasteiger partial charge in [-0.15, -0.1) is 11.3 Å². The fourth-order valence-electron chi connectivity index (χ4n) is 2.39. The van der Waals surface area contributed by atoms with E-state index in [9.17, 15) is 4.79 Å². The monoisotopic (exact) mass is 314 g/mol. The first kappa shape index (κ1) is 14.7. The minimum atomic E-state index is -0.0322. The van der Waals surface area contributed by atoms with Gasteiger partial charge in [-0.2, -0.15) is 0 Å². The van der Waals surface area contributed by atoms with Gasteiger partial charge in [-0.25, -0.2) is 9.97 Å². The van der Waals surface area contributed by atoms with Crippen molar-refractivity contribution in [2.45, 2.75) is 26.3 Å². The van der Waals surface area contributed by atoms with E-state index in [1.807, 2.05) is 52.9 Å². The highest BCUT2D eigenvalue weighted by molar-refractivity contribution is 7.09. The van der Waals surface area contributed by atoms with Crippen LogP contribution < -0.4 is 0 Å². The standard InChI is InChI=1S/C16H18N4OS/c1-12(2)20(8-5-15-17-6-9-22-15)16(21)14-10-13-4-3-7-19(13)11-18-14/h3-4,6-7,9-12H,5,8H2,1-2H3. The first-order valence-corrected chi connectivity index (χ1v) is 8.15. The van der Waals surface area contributed by atoms with Crippen LogP contribution in [0.5, 0.6) is 0 Å². The van der Waals surface area contributed by atoms with Gasteiger partial charge in [0, 0.05) is 42.3 Å². The predicted molar refractivity (Wildman–Crippen MR) is 87.2 cm³/mol. The maximum atomic E-state index is 12.7. The highest BCUT2D eigenvalue weighted by Gasteiger charge is 2.20. The zero-order valence-electron chi connectivity index (χ0n) is 12.6. The van der Waals surface area contributed by atoms with E-state index in [4.69, 9.17) is 0 Å². The zero-order chi connectivity index (χ0) is 15.5. The molecule has 0 radical (unpaired) electrons. The van der Waals surface area contributed by atoms with E-state index in [0.29, 0.717) is 12.2 Å². The molecule has 0 N–H and O–H groups in total. The number of fused-ring (bicyclic) bond motifs is 1. The molecule has 0 bridgehead atoms. The summed E-state index contributed by atoms with van der Waals surface area (Å²) in [6.07, 6.45) is 6.17. The van der Waals surface area contributed by atoms with Gasteiger partial charge in [-0.1, -0.05) is 0 Å². The van der Waals surface area contributed by atoms with Gasteiger partial charge in [0.15, 0.2) is 0 Å². The Labute approximate surface area is 133 Å². The van der Waals surface area contributed by atoms with Crippen molar-refractivity contribution in [1.29, 1.82) is 0 Å². The molecule has 3 aromatic heterocycles. The van der Waals surface area contributed by atoms with Crippen LogP contribution in [0.4, 0.5) is 0 Å². The minimum Gasteiger partial charge on any atom is -0.334 e. The number of carbonyl (C=O) groups excluding carboxylic acids is 1. The summed E-state index contributed by atoms with van der Waals surface area (Å²) >= 11 is 1.62. The van der Waals surface area contributed by atoms with Gasteiger partial charge in [0.05, 0.1) is 11.3 Å². The number of aromatic nitrogens is 3. The Morgan fingerprint density at radius 1 is 1.41 bits per heavy atom. The van der Waals surface area contributed by atoms with E-state index in [0.717, 1.165) is 16.9 Å². The Hall–Kier alpha value is -2.21. The molecule has 114 valence electrons. The van der Waals surface area contributed by atoms with Gasteiger partial charge in [-0.3, -0.25) is 4.79 Å². The van der Waals surface area contributed by atoms with Crippen molar-refractivity contribution in [2.75, 3.05) is 6.54 Å². The summed E-state index contributed by atoms with van der Waals surface area (Å²) in [6, 6.07) is 5.86. The number of carbonyl (C=O) groups is 1. The minimum absolute atomic E-state index is 0.0322. The fourth-order valence-corrected chi connectivity index (χ4v) is 3.00. The number of rotatable bonds is 5. The van der Waals surface area contributed by atoms with E-state index in [2.05, 4.69) is 9.97 Å². The second kappa shape index (κ2) is 6.27. The molecule has 3 heterocycles. The van der Waals surface area contributed by atoms with Crippen molar-refractivity contribution in [3.63, 3.8) is 0 Å². The number of nitrogens with zero attached hydrogens (tertiary/aromatic N) is 4. The van der Waals surface area contributed by atoms with Crippen LogP contribution in [-0.2, 0) is 6.42 Å². The van der Waals surface area contributed by atoms with E-state index < -0.39 is 0 Å². The van der Waals surface area contributed by atoms with Crippen molar-refractivity contribution >= 4 is 22.8 Å². The molecular weight excluding hydrogens is 296 g/mol. The molecule has 0 unspecified atom stereocenters. The summed E-state index contributed by atoms with van der Waals surface area (Å²) in [5.41, 5.74) is 1.46. The van der Waals surface area contributed by atoms with Crippen molar-refractivity contribution < 1.29 is 4.79 Å². The number of amides is 1. The molecule has 0 saturated carbocycles. The molecule has 0 aromatic carbocycles. The third-order valence-electron chi connectivity index (χ3n) is 3.57. The molecule has 0 saturated heterocycles. The lowest BCUT2D eigenvalue weighted by Gasteiger charge is -2.26. The summed E-state index contributed by atoms with van der Waals surface area (Å²) in [7, 11) is 0. The molecule has 0 aliphatic carbocycles. The number of thiazole rings is 1. The quantitative estimate of drug-likeness (QED) is 0.727. The van der Waals surface area contributed by atoms with Crippen molar-refractivity contribution in [3.05, 3.63) is 53.0 Å². The smallest absolute Gasteiger partial charge is 0.272 e. The maximum absolute atomic E-state index is 12.7. The Morgan fingerprint density at radius 3 is 3.00 bits per heavy atom. The lowest BCUT2D eigenvalue weighted by atomic mass is 10.2. The van der Waals surface area contributed by atoms with Crippen LogP contribution in [0.1, 0.15) is 29.3 Å². The topological polar surface area (TPSA) is 50.5 Å². The maximum Gasteiger partial charge on any atom is 0.272 e. The molecule has 0 atom stereocenters. The Balaban J connectivity index is 1.79. The van der Waals surface area contributed by atoms with E-state index in [1.165, 1.54) is 0 Å². The fraction of sp³-hybridized carbons (Fsp3) is 0.312. The third-order valence-corrected chi connectivity index (χ3v) is 4.41. The molecule has 3 rings (SSSR count). The lowest BCUT2D eigenvalue weighted by Crippen LogP contribution is -2.39. The van der Waals surface area contributed by atoms with Gasteiger partial charge >= 0.3 is 0 Å². The van der Waals surface area contributed by atoms with E-state index in [1.54, 1.807) is 23.9 Å². The molecule has 0 fully saturated rings. The first-order valence-electron chi connectivity index (χ1n) is 7.27. The zero-order valence-corrected chi connectivity index (χ0v) is 13.5. The van der Waals surface area contributed by atoms with Gasteiger partial charge < -0.3 is 9.30 Å². The molecule has 5 nitrogen and oxygen atoms in total. The molecule has 0 aliphatic heterocycles. The molecule has 0 spiro atoms. The predicted octanol–water partition coefficient (Wildman–Crippen LogP) is 2.88. The van der Waals surface area contributed by atoms with Gasteiger partial charge in [0.2, 0.25) is 0 Å². The second-order valence-corrected chi connectivity index (χ2v) is 6.36. The Kier molecular flexibility index (Phi) is 4.20. The summed E-state index contributed by atoms with van der Waals surface area (Å²) in [5.74, 6) is -0.0322. The van der Waals surface area contributed by atoms with Crippen molar-refractivity contribution in [3.8, 4) is 0 Å². The molecule has 22 heavy (non-hydrogen) atoms. The Morgan fingerprint density at radius 2 is 2.27 bits per heavy atom. The summed E-state index contributed by atoms with van der Waals surface area (Å²) in [5, 5.41) is 3.01. The van der Waals surface area contributed by atoms with Crippen molar-refractivity contribution in [2.24, 2.45) is 0 Å². The summed E-state index contributed by atoms with van der Waals surface area (Å²) in [4.78, 5) is 23.2. The van der Waals surface area contributed by atoms with Crippen LogP contribution in [0.15, 0.2) is 42.3 Å². The van der Waals surface area contributed by atoms with Gasteiger partial charge in [0.1, 0.15) is 5.69 Å². The van der Waals surface area contributed by atoms with E-state index in [-0.39, 0.29) is 11.9 Å². The largest absolute Gasteiger partial charge is 0.334 e. The van der Waals surface area contributed by atoms with Gasteiger partial charge in [0.25, 0.3) is 5.91 Å². The molecule has 1 amide bonds. The average molecular weight is 314 g/mol. The van der Waals surface area contributed by atoms with Crippen LogP contribution >= 0.6 is 11.3 Å². The van der Waals surface area contributed by atoms with E-state index >= 15 is 0 Å². The highest BCUT2D eigenvalue weighted by atomic mass is 32.1. The molecule has 6 heteroatoms. The van der Waals surface area contributed by atoms with Crippen LogP contribution in [-0.4, -0.2) is 37.8 Å². The molecule has 3 aromatic rings. The van der Waals surface area contributed by atoms with Crippen LogP contribution in [0.2, 0.25) is 0 Å². The van der Waals surface area contributed by atoms with Crippen LogP contribution in [0, 0.1) is 0 Å². The average Bonchev–Trinajstić information content (AvgIpc) is 3.17. The van der Waals surface area contributed by atoms with Crippen molar-refractivity contribution in [1.82, 2.24) is 19.3 Å². The second-order valence-electron chi connectivity index (χ2n) is 5.38. The third kappa shape index (κ3) is 3.01. The SMILES string of the molecule is CC(C)N(CCc1nccs1)C(=O)c1cc2cccn2cn1. The normalized spacial score (nSPS) is 11.2.